The van der Waals surface area contributed by atoms with Crippen LogP contribution in [-0.2, 0) is 4.74 Å². The van der Waals surface area contributed by atoms with Crippen LogP contribution in [0.2, 0.25) is 0 Å². The van der Waals surface area contributed by atoms with Crippen LogP contribution in [0.25, 0.3) is 10.9 Å². The van der Waals surface area contributed by atoms with Crippen LogP contribution in [0, 0.1) is 11.6 Å². The fourth-order valence-corrected chi connectivity index (χ4v) is 6.77. The molecule has 39 heavy (non-hydrogen) atoms. The van der Waals surface area contributed by atoms with Gasteiger partial charge in [0.25, 0.3) is 0 Å². The van der Waals surface area contributed by atoms with E-state index in [1.165, 1.54) is 0 Å². The largest absolute Gasteiger partial charge is 0.461 e. The van der Waals surface area contributed by atoms with Crippen molar-refractivity contribution in [3.05, 3.63) is 34.3 Å². The van der Waals surface area contributed by atoms with Crippen molar-refractivity contribution in [2.24, 2.45) is 0 Å². The molecule has 0 N–H and O–H groups in total. The van der Waals surface area contributed by atoms with Gasteiger partial charge in [-0.3, -0.25) is 9.80 Å². The topological polar surface area (TPSA) is 71.0 Å². The second-order valence-corrected chi connectivity index (χ2v) is 12.7. The Bertz CT molecular complexity index is 1340. The van der Waals surface area contributed by atoms with Gasteiger partial charge in [0.15, 0.2) is 5.82 Å². The first-order valence-electron chi connectivity index (χ1n) is 13.3. The lowest BCUT2D eigenvalue weighted by Gasteiger charge is -2.42. The van der Waals surface area contributed by atoms with Crippen molar-refractivity contribution in [1.82, 2.24) is 19.8 Å². The van der Waals surface area contributed by atoms with E-state index in [9.17, 15) is 9.18 Å². The summed E-state index contributed by atoms with van der Waals surface area (Å²) in [4.78, 5) is 27.3. The third-order valence-corrected chi connectivity index (χ3v) is 8.58. The number of hydrogen-bond acceptors (Lipinski definition) is 7. The van der Waals surface area contributed by atoms with Crippen molar-refractivity contribution >= 4 is 38.7 Å². The second kappa shape index (κ2) is 9.50. The number of halogens is 4. The Kier molecular flexibility index (Phi) is 6.48. The molecule has 4 atom stereocenters. The Morgan fingerprint density at radius 1 is 1.18 bits per heavy atom. The highest BCUT2D eigenvalue weighted by molar-refractivity contribution is 9.10. The highest BCUT2D eigenvalue weighted by Crippen LogP contribution is 2.41. The van der Waals surface area contributed by atoms with Gasteiger partial charge in [0.2, 0.25) is 0 Å². The fourth-order valence-electron chi connectivity index (χ4n) is 6.38. The number of fused-ring (bicyclic) bond motifs is 4. The molecule has 1 aromatic carbocycles. The lowest BCUT2D eigenvalue weighted by Crippen LogP contribution is -2.57. The average molecular weight is 610 g/mol. The predicted molar refractivity (Wildman–Crippen MR) is 143 cm³/mol. The number of piperazine rings is 1. The quantitative estimate of drug-likeness (QED) is 0.357. The summed E-state index contributed by atoms with van der Waals surface area (Å²) < 4.78 is 56.4. The van der Waals surface area contributed by atoms with Crippen molar-refractivity contribution in [2.75, 3.05) is 37.7 Å². The standard InChI is InChI=1S/C27H31BrF3N5O3/c1-26(2,3)39-25(37)36-16-5-6-17(36)13-34(12-16)23-20-19(30)9-18(28)21(31)22(20)32-24(33-23)38-14-27-7-4-8-35(27)11-15(29)10-27/h5-6,9,15-17H,4,7-8,10-14H2,1-3H3/t15-,16?,17?,27+/m1/s1. The molecule has 4 aliphatic heterocycles. The molecule has 12 heteroatoms. The first-order valence-corrected chi connectivity index (χ1v) is 14.1. The molecule has 2 unspecified atom stereocenters. The van der Waals surface area contributed by atoms with Crippen LogP contribution >= 0.6 is 15.9 Å². The zero-order valence-corrected chi connectivity index (χ0v) is 23.7. The van der Waals surface area contributed by atoms with E-state index in [0.717, 1.165) is 25.5 Å². The molecule has 5 heterocycles. The number of alkyl halides is 1. The summed E-state index contributed by atoms with van der Waals surface area (Å²) in [6.07, 6.45) is 4.60. The Morgan fingerprint density at radius 3 is 2.59 bits per heavy atom. The molecule has 210 valence electrons. The smallest absolute Gasteiger partial charge is 0.411 e. The molecule has 6 rings (SSSR count). The summed E-state index contributed by atoms with van der Waals surface area (Å²) in [6.45, 7) is 7.37. The molecule has 3 saturated heterocycles. The number of carbonyl (C=O) groups is 1. The van der Waals surface area contributed by atoms with E-state index in [1.807, 2.05) is 37.8 Å². The van der Waals surface area contributed by atoms with E-state index in [-0.39, 0.29) is 45.9 Å². The van der Waals surface area contributed by atoms with E-state index in [1.54, 1.807) is 4.90 Å². The summed E-state index contributed by atoms with van der Waals surface area (Å²) in [7, 11) is 0. The minimum Gasteiger partial charge on any atom is -0.461 e. The Morgan fingerprint density at radius 2 is 1.90 bits per heavy atom. The molecule has 0 radical (unpaired) electrons. The van der Waals surface area contributed by atoms with E-state index < -0.39 is 35.0 Å². The first-order chi connectivity index (χ1) is 18.4. The van der Waals surface area contributed by atoms with Crippen LogP contribution < -0.4 is 9.64 Å². The van der Waals surface area contributed by atoms with Gasteiger partial charge >= 0.3 is 12.1 Å². The number of carbonyl (C=O) groups excluding carboxylic acids is 1. The molecule has 2 bridgehead atoms. The van der Waals surface area contributed by atoms with Crippen molar-refractivity contribution in [1.29, 1.82) is 0 Å². The number of anilines is 1. The SMILES string of the molecule is CC(C)(C)OC(=O)N1C2C=CC1CN(c1nc(OC[C@@]34CCCN3C[C@H](F)C4)nc3c(F)c(Br)cc(F)c13)C2. The summed E-state index contributed by atoms with van der Waals surface area (Å²) in [5.74, 6) is -1.21. The van der Waals surface area contributed by atoms with Gasteiger partial charge in [-0.2, -0.15) is 9.97 Å². The minimum absolute atomic E-state index is 0.0569. The highest BCUT2D eigenvalue weighted by atomic mass is 79.9. The van der Waals surface area contributed by atoms with E-state index >= 15 is 8.78 Å². The summed E-state index contributed by atoms with van der Waals surface area (Å²) in [5, 5.41) is -0.0569. The second-order valence-electron chi connectivity index (χ2n) is 11.9. The Hall–Kier alpha value is -2.60. The normalized spacial score (nSPS) is 28.4. The molecule has 1 amide bonds. The van der Waals surface area contributed by atoms with Crippen molar-refractivity contribution < 1.29 is 27.4 Å². The van der Waals surface area contributed by atoms with Crippen molar-refractivity contribution in [3.63, 3.8) is 0 Å². The van der Waals surface area contributed by atoms with Crippen molar-refractivity contribution in [3.8, 4) is 6.01 Å². The van der Waals surface area contributed by atoms with Gasteiger partial charge in [0, 0.05) is 26.1 Å². The summed E-state index contributed by atoms with van der Waals surface area (Å²) >= 11 is 3.08. The highest BCUT2D eigenvalue weighted by Gasteiger charge is 2.49. The Balaban J connectivity index is 1.33. The minimum atomic E-state index is -0.922. The number of ether oxygens (including phenoxy) is 2. The maximum atomic E-state index is 15.3. The van der Waals surface area contributed by atoms with Crippen LogP contribution in [0.5, 0.6) is 6.01 Å². The molecule has 3 fully saturated rings. The lowest BCUT2D eigenvalue weighted by molar-refractivity contribution is 0.0146. The van der Waals surface area contributed by atoms with Gasteiger partial charge < -0.3 is 14.4 Å². The van der Waals surface area contributed by atoms with Crippen LogP contribution in [0.3, 0.4) is 0 Å². The van der Waals surface area contributed by atoms with E-state index in [4.69, 9.17) is 9.47 Å². The van der Waals surface area contributed by atoms with Gasteiger partial charge in [-0.15, -0.1) is 0 Å². The molecular weight excluding hydrogens is 579 g/mol. The van der Waals surface area contributed by atoms with Crippen LogP contribution in [-0.4, -0.2) is 88.0 Å². The molecule has 0 spiro atoms. The van der Waals surface area contributed by atoms with Gasteiger partial charge in [-0.25, -0.2) is 18.0 Å². The number of benzene rings is 1. The molecule has 0 saturated carbocycles. The molecular formula is C27H31BrF3N5O3. The van der Waals surface area contributed by atoms with Crippen LogP contribution in [0.4, 0.5) is 23.8 Å². The van der Waals surface area contributed by atoms with Crippen LogP contribution in [0.15, 0.2) is 22.7 Å². The number of amides is 1. The first kappa shape index (κ1) is 26.6. The molecule has 4 aliphatic rings. The molecule has 8 nitrogen and oxygen atoms in total. The molecule has 0 aliphatic carbocycles. The molecule has 1 aromatic heterocycles. The summed E-state index contributed by atoms with van der Waals surface area (Å²) in [6, 6.07) is 0.307. The summed E-state index contributed by atoms with van der Waals surface area (Å²) in [5.41, 5.74) is -1.29. The monoisotopic (exact) mass is 609 g/mol. The molecule has 2 aromatic rings. The number of nitrogens with zero attached hydrogens (tertiary/aromatic N) is 5. The van der Waals surface area contributed by atoms with E-state index in [0.29, 0.717) is 26.1 Å². The van der Waals surface area contributed by atoms with Crippen molar-refractivity contribution in [2.45, 2.75) is 69.4 Å². The van der Waals surface area contributed by atoms with Gasteiger partial charge in [0.05, 0.1) is 27.5 Å². The Labute approximate surface area is 233 Å². The average Bonchev–Trinajstić information content (AvgIpc) is 3.47. The number of hydrogen-bond donors (Lipinski definition) is 0. The fraction of sp³-hybridized carbons (Fsp3) is 0.593. The van der Waals surface area contributed by atoms with Gasteiger partial charge in [-0.1, -0.05) is 12.2 Å². The third kappa shape index (κ3) is 4.73. The third-order valence-electron chi connectivity index (χ3n) is 8.00. The predicted octanol–water partition coefficient (Wildman–Crippen LogP) is 4.99. The van der Waals surface area contributed by atoms with Crippen LogP contribution in [0.1, 0.15) is 40.0 Å². The number of aromatic nitrogens is 2. The lowest BCUT2D eigenvalue weighted by atomic mass is 9.95. The van der Waals surface area contributed by atoms with Gasteiger partial charge in [-0.05, 0) is 62.2 Å². The van der Waals surface area contributed by atoms with E-state index in [2.05, 4.69) is 30.8 Å². The maximum absolute atomic E-state index is 15.3. The van der Waals surface area contributed by atoms with Gasteiger partial charge in [0.1, 0.15) is 35.5 Å². The maximum Gasteiger partial charge on any atom is 0.411 e. The zero-order valence-electron chi connectivity index (χ0n) is 22.1. The number of rotatable bonds is 4. The zero-order chi connectivity index (χ0) is 27.7.